The summed E-state index contributed by atoms with van der Waals surface area (Å²) in [6, 6.07) is 12.1. The van der Waals surface area contributed by atoms with Crippen molar-refractivity contribution in [2.24, 2.45) is 5.92 Å². The SMILES string of the molecule is COc1ccc(S(=O)(=O)N2CCC[C@H](C(=O)NCc3ccc(Cl)cc3)C2)cc1C. The van der Waals surface area contributed by atoms with Crippen LogP contribution in [0.3, 0.4) is 0 Å². The monoisotopic (exact) mass is 436 g/mol. The van der Waals surface area contributed by atoms with Crippen LogP contribution in [-0.2, 0) is 21.4 Å². The number of hydrogen-bond acceptors (Lipinski definition) is 4. The van der Waals surface area contributed by atoms with E-state index in [2.05, 4.69) is 5.32 Å². The van der Waals surface area contributed by atoms with Crippen molar-refractivity contribution >= 4 is 27.5 Å². The number of piperidine rings is 1. The lowest BCUT2D eigenvalue weighted by molar-refractivity contribution is -0.126. The number of halogens is 1. The molecule has 0 spiro atoms. The van der Waals surface area contributed by atoms with Gasteiger partial charge in [-0.25, -0.2) is 8.42 Å². The van der Waals surface area contributed by atoms with Gasteiger partial charge in [-0.15, -0.1) is 0 Å². The zero-order valence-electron chi connectivity index (χ0n) is 16.5. The highest BCUT2D eigenvalue weighted by Gasteiger charge is 2.33. The molecular formula is C21H25ClN2O4S. The first kappa shape index (κ1) is 21.6. The molecule has 0 bridgehead atoms. The fourth-order valence-electron chi connectivity index (χ4n) is 3.47. The molecule has 0 aliphatic carbocycles. The maximum absolute atomic E-state index is 13.1. The van der Waals surface area contributed by atoms with Crippen molar-refractivity contribution < 1.29 is 17.9 Å². The fourth-order valence-corrected chi connectivity index (χ4v) is 5.21. The number of rotatable bonds is 6. The van der Waals surface area contributed by atoms with Gasteiger partial charge in [0, 0.05) is 24.7 Å². The number of methoxy groups -OCH3 is 1. The third-order valence-corrected chi connectivity index (χ3v) is 7.25. The molecule has 2 aromatic rings. The van der Waals surface area contributed by atoms with Gasteiger partial charge in [0.25, 0.3) is 0 Å². The standard InChI is InChI=1S/C21H25ClN2O4S/c1-15-12-19(9-10-20(15)28-2)29(26,27)24-11-3-4-17(14-24)21(25)23-13-16-5-7-18(22)8-6-16/h5-10,12,17H,3-4,11,13-14H2,1-2H3,(H,23,25)/t17-/m0/s1. The van der Waals surface area contributed by atoms with Crippen molar-refractivity contribution in [2.75, 3.05) is 20.2 Å². The summed E-state index contributed by atoms with van der Waals surface area (Å²) in [7, 11) is -2.11. The Morgan fingerprint density at radius 1 is 1.24 bits per heavy atom. The third kappa shape index (κ3) is 5.10. The molecule has 8 heteroatoms. The lowest BCUT2D eigenvalue weighted by Gasteiger charge is -2.31. The Kier molecular flexibility index (Phi) is 6.82. The molecule has 6 nitrogen and oxygen atoms in total. The van der Waals surface area contributed by atoms with Crippen LogP contribution in [0.15, 0.2) is 47.4 Å². The summed E-state index contributed by atoms with van der Waals surface area (Å²) in [5.74, 6) is 0.137. The highest BCUT2D eigenvalue weighted by atomic mass is 35.5. The Morgan fingerprint density at radius 3 is 2.62 bits per heavy atom. The van der Waals surface area contributed by atoms with Crippen LogP contribution < -0.4 is 10.1 Å². The van der Waals surface area contributed by atoms with Gasteiger partial charge >= 0.3 is 0 Å². The van der Waals surface area contributed by atoms with Crippen molar-refractivity contribution in [3.05, 3.63) is 58.6 Å². The van der Waals surface area contributed by atoms with Gasteiger partial charge in [0.1, 0.15) is 5.75 Å². The molecule has 1 amide bonds. The second-order valence-electron chi connectivity index (χ2n) is 7.18. The Labute approximate surface area is 176 Å². The molecule has 0 saturated carbocycles. The molecule has 1 atom stereocenters. The lowest BCUT2D eigenvalue weighted by Crippen LogP contribution is -2.45. The summed E-state index contributed by atoms with van der Waals surface area (Å²) in [6.07, 6.45) is 1.31. The van der Waals surface area contributed by atoms with Crippen LogP contribution in [0.25, 0.3) is 0 Å². The van der Waals surface area contributed by atoms with Crippen LogP contribution in [0.5, 0.6) is 5.75 Å². The molecule has 1 fully saturated rings. The molecule has 1 aliphatic rings. The van der Waals surface area contributed by atoms with E-state index in [0.29, 0.717) is 36.7 Å². The average molecular weight is 437 g/mol. The number of amides is 1. The lowest BCUT2D eigenvalue weighted by atomic mass is 9.99. The minimum Gasteiger partial charge on any atom is -0.496 e. The van der Waals surface area contributed by atoms with Crippen molar-refractivity contribution in [1.29, 1.82) is 0 Å². The zero-order valence-corrected chi connectivity index (χ0v) is 18.1. The first-order valence-corrected chi connectivity index (χ1v) is 11.3. The van der Waals surface area contributed by atoms with E-state index in [1.807, 2.05) is 12.1 Å². The summed E-state index contributed by atoms with van der Waals surface area (Å²) in [6.45, 7) is 2.78. The molecule has 2 aromatic carbocycles. The molecule has 3 rings (SSSR count). The second kappa shape index (κ2) is 9.15. The Hall–Kier alpha value is -2.09. The number of carbonyl (C=O) groups excluding carboxylic acids is 1. The fraction of sp³-hybridized carbons (Fsp3) is 0.381. The topological polar surface area (TPSA) is 75.7 Å². The van der Waals surface area contributed by atoms with Gasteiger partial charge < -0.3 is 10.1 Å². The highest BCUT2D eigenvalue weighted by Crippen LogP contribution is 2.27. The summed E-state index contributed by atoms with van der Waals surface area (Å²) >= 11 is 5.88. The quantitative estimate of drug-likeness (QED) is 0.753. The highest BCUT2D eigenvalue weighted by molar-refractivity contribution is 7.89. The van der Waals surface area contributed by atoms with Gasteiger partial charge in [-0.2, -0.15) is 4.31 Å². The van der Waals surface area contributed by atoms with E-state index < -0.39 is 10.0 Å². The maximum atomic E-state index is 13.1. The Bertz CT molecular complexity index is 977. The zero-order chi connectivity index (χ0) is 21.0. The van der Waals surface area contributed by atoms with Crippen molar-refractivity contribution in [3.63, 3.8) is 0 Å². The maximum Gasteiger partial charge on any atom is 0.243 e. The average Bonchev–Trinajstić information content (AvgIpc) is 2.73. The van der Waals surface area contributed by atoms with Crippen LogP contribution in [0.2, 0.25) is 5.02 Å². The molecule has 1 aliphatic heterocycles. The van der Waals surface area contributed by atoms with E-state index in [0.717, 1.165) is 11.1 Å². The van der Waals surface area contributed by atoms with Gasteiger partial charge in [0.15, 0.2) is 0 Å². The smallest absolute Gasteiger partial charge is 0.243 e. The largest absolute Gasteiger partial charge is 0.496 e. The predicted octanol–water partition coefficient (Wildman–Crippen LogP) is 3.37. The van der Waals surface area contributed by atoms with E-state index in [1.165, 1.54) is 4.31 Å². The normalized spacial score (nSPS) is 17.7. The molecule has 156 valence electrons. The van der Waals surface area contributed by atoms with Gasteiger partial charge in [-0.3, -0.25) is 4.79 Å². The molecule has 0 radical (unpaired) electrons. The molecular weight excluding hydrogens is 412 g/mol. The minimum absolute atomic E-state index is 0.134. The van der Waals surface area contributed by atoms with E-state index in [-0.39, 0.29) is 23.3 Å². The van der Waals surface area contributed by atoms with Gasteiger partial charge in [-0.05, 0) is 61.2 Å². The number of nitrogens with zero attached hydrogens (tertiary/aromatic N) is 1. The number of benzene rings is 2. The van der Waals surface area contributed by atoms with Crippen LogP contribution in [0.4, 0.5) is 0 Å². The van der Waals surface area contributed by atoms with Gasteiger partial charge in [0.05, 0.1) is 17.9 Å². The summed E-state index contributed by atoms with van der Waals surface area (Å²) in [4.78, 5) is 12.8. The molecule has 0 unspecified atom stereocenters. The third-order valence-electron chi connectivity index (χ3n) is 5.14. The van der Waals surface area contributed by atoms with Gasteiger partial charge in [0.2, 0.25) is 15.9 Å². The first-order chi connectivity index (χ1) is 13.8. The van der Waals surface area contributed by atoms with Gasteiger partial charge in [-0.1, -0.05) is 23.7 Å². The van der Waals surface area contributed by atoms with Crippen molar-refractivity contribution in [1.82, 2.24) is 9.62 Å². The molecule has 1 saturated heterocycles. The van der Waals surface area contributed by atoms with Crippen molar-refractivity contribution in [3.8, 4) is 5.75 Å². The van der Waals surface area contributed by atoms with E-state index in [1.54, 1.807) is 44.4 Å². The number of nitrogens with one attached hydrogen (secondary N) is 1. The minimum atomic E-state index is -3.66. The Morgan fingerprint density at radius 2 is 1.97 bits per heavy atom. The predicted molar refractivity (Wildman–Crippen MR) is 113 cm³/mol. The molecule has 29 heavy (non-hydrogen) atoms. The van der Waals surface area contributed by atoms with Crippen LogP contribution >= 0.6 is 11.6 Å². The molecule has 1 N–H and O–H groups in total. The number of sulfonamides is 1. The number of hydrogen-bond donors (Lipinski definition) is 1. The number of carbonyl (C=O) groups is 1. The van der Waals surface area contributed by atoms with Crippen LogP contribution in [-0.4, -0.2) is 38.8 Å². The van der Waals surface area contributed by atoms with Crippen molar-refractivity contribution in [2.45, 2.75) is 31.2 Å². The van der Waals surface area contributed by atoms with Crippen LogP contribution in [0.1, 0.15) is 24.0 Å². The van der Waals surface area contributed by atoms with E-state index in [4.69, 9.17) is 16.3 Å². The molecule has 0 aromatic heterocycles. The summed E-state index contributed by atoms with van der Waals surface area (Å²) < 4.78 is 32.7. The molecule has 1 heterocycles. The Balaban J connectivity index is 1.66. The summed E-state index contributed by atoms with van der Waals surface area (Å²) in [5.41, 5.74) is 1.69. The number of ether oxygens (including phenoxy) is 1. The van der Waals surface area contributed by atoms with E-state index >= 15 is 0 Å². The van der Waals surface area contributed by atoms with E-state index in [9.17, 15) is 13.2 Å². The second-order valence-corrected chi connectivity index (χ2v) is 9.55. The number of aryl methyl sites for hydroxylation is 1. The summed E-state index contributed by atoms with van der Waals surface area (Å²) in [5, 5.41) is 3.54. The van der Waals surface area contributed by atoms with Crippen LogP contribution in [0, 0.1) is 12.8 Å². The first-order valence-electron chi connectivity index (χ1n) is 9.48.